The number of hydrogen-bond donors (Lipinski definition) is 4. The van der Waals surface area contributed by atoms with E-state index in [2.05, 4.69) is 11.2 Å². The van der Waals surface area contributed by atoms with Crippen molar-refractivity contribution in [2.24, 2.45) is 5.92 Å². The monoisotopic (exact) mass is 301 g/mol. The lowest BCUT2D eigenvalue weighted by Gasteiger charge is -2.34. The molecule has 0 saturated heterocycles. The number of ether oxygens (including phenoxy) is 1. The standard InChI is InChI=1S/C15H27NO5/c1-5-7-8-12(18)16-13(11(6-2)21-4)15(20)14(19)10(3)9-17/h1,10-11,13-15,17,19-20H,6-9H2,2-4H3,(H,16,18). The Bertz CT molecular complexity index is 337. The number of carbonyl (C=O) groups excluding carboxylic acids is 1. The van der Waals surface area contributed by atoms with Crippen molar-refractivity contribution in [3.05, 3.63) is 0 Å². The highest BCUT2D eigenvalue weighted by atomic mass is 16.5. The number of aliphatic hydroxyl groups excluding tert-OH is 3. The van der Waals surface area contributed by atoms with Crippen molar-refractivity contribution in [3.63, 3.8) is 0 Å². The molecule has 122 valence electrons. The first-order valence-electron chi connectivity index (χ1n) is 7.15. The molecule has 21 heavy (non-hydrogen) atoms. The van der Waals surface area contributed by atoms with Gasteiger partial charge in [0.1, 0.15) is 6.10 Å². The fourth-order valence-corrected chi connectivity index (χ4v) is 2.07. The summed E-state index contributed by atoms with van der Waals surface area (Å²) < 4.78 is 5.26. The zero-order chi connectivity index (χ0) is 16.4. The second-order valence-electron chi connectivity index (χ2n) is 5.12. The van der Waals surface area contributed by atoms with Crippen molar-refractivity contribution in [2.45, 2.75) is 57.5 Å². The minimum atomic E-state index is -1.24. The molecule has 6 heteroatoms. The maximum absolute atomic E-state index is 11.8. The highest BCUT2D eigenvalue weighted by Crippen LogP contribution is 2.16. The Morgan fingerprint density at radius 2 is 2.00 bits per heavy atom. The van der Waals surface area contributed by atoms with Gasteiger partial charge in [-0.25, -0.2) is 0 Å². The molecule has 1 amide bonds. The molecule has 0 aliphatic heterocycles. The van der Waals surface area contributed by atoms with Gasteiger partial charge in [-0.3, -0.25) is 4.79 Å². The van der Waals surface area contributed by atoms with Crippen molar-refractivity contribution >= 4 is 5.91 Å². The van der Waals surface area contributed by atoms with Gasteiger partial charge in [-0.05, 0) is 6.42 Å². The predicted octanol–water partition coefficient (Wildman–Crippen LogP) is -0.340. The maximum Gasteiger partial charge on any atom is 0.221 e. The van der Waals surface area contributed by atoms with Gasteiger partial charge in [0.05, 0.1) is 18.2 Å². The van der Waals surface area contributed by atoms with Crippen molar-refractivity contribution in [3.8, 4) is 12.3 Å². The second kappa shape index (κ2) is 10.6. The lowest BCUT2D eigenvalue weighted by Crippen LogP contribution is -2.56. The van der Waals surface area contributed by atoms with E-state index >= 15 is 0 Å². The van der Waals surface area contributed by atoms with Crippen LogP contribution in [-0.4, -0.2) is 59.3 Å². The molecule has 0 aromatic carbocycles. The molecule has 0 heterocycles. The molecule has 0 fully saturated rings. The Morgan fingerprint density at radius 1 is 1.38 bits per heavy atom. The number of terminal acetylenes is 1. The molecule has 0 aliphatic rings. The van der Waals surface area contributed by atoms with Crippen molar-refractivity contribution in [1.82, 2.24) is 5.32 Å². The molecule has 0 aromatic heterocycles. The number of aliphatic hydroxyl groups is 3. The summed E-state index contributed by atoms with van der Waals surface area (Å²) in [5.41, 5.74) is 0. The quantitative estimate of drug-likeness (QED) is 0.414. The minimum absolute atomic E-state index is 0.144. The van der Waals surface area contributed by atoms with E-state index in [9.17, 15) is 15.0 Å². The molecular weight excluding hydrogens is 274 g/mol. The summed E-state index contributed by atoms with van der Waals surface area (Å²) in [5.74, 6) is 1.55. The van der Waals surface area contributed by atoms with Gasteiger partial charge < -0.3 is 25.4 Å². The first-order valence-corrected chi connectivity index (χ1v) is 7.15. The van der Waals surface area contributed by atoms with Gasteiger partial charge in [0, 0.05) is 32.5 Å². The molecule has 6 nitrogen and oxygen atoms in total. The Kier molecular flexibility index (Phi) is 10.0. The summed E-state index contributed by atoms with van der Waals surface area (Å²) in [5, 5.41) is 32.1. The van der Waals surface area contributed by atoms with Crippen LogP contribution in [0.3, 0.4) is 0 Å². The summed E-state index contributed by atoms with van der Waals surface area (Å²) in [6, 6.07) is -0.769. The van der Waals surface area contributed by atoms with Crippen LogP contribution in [0.25, 0.3) is 0 Å². The van der Waals surface area contributed by atoms with E-state index in [1.54, 1.807) is 6.92 Å². The number of methoxy groups -OCH3 is 1. The van der Waals surface area contributed by atoms with Crippen LogP contribution in [0.1, 0.15) is 33.1 Å². The van der Waals surface area contributed by atoms with Gasteiger partial charge in [0.2, 0.25) is 5.91 Å². The van der Waals surface area contributed by atoms with Crippen molar-refractivity contribution in [2.75, 3.05) is 13.7 Å². The SMILES string of the molecule is C#CCCC(=O)NC(C(CC)OC)C(O)C(O)C(C)CO. The first-order chi connectivity index (χ1) is 9.92. The second-order valence-corrected chi connectivity index (χ2v) is 5.12. The third-order valence-corrected chi connectivity index (χ3v) is 3.52. The van der Waals surface area contributed by atoms with Crippen LogP contribution < -0.4 is 5.32 Å². The summed E-state index contributed by atoms with van der Waals surface area (Å²) >= 11 is 0. The fourth-order valence-electron chi connectivity index (χ4n) is 2.07. The molecular formula is C15H27NO5. The lowest BCUT2D eigenvalue weighted by molar-refractivity contribution is -0.127. The number of rotatable bonds is 10. The van der Waals surface area contributed by atoms with Gasteiger partial charge in [-0.2, -0.15) is 0 Å². The van der Waals surface area contributed by atoms with Gasteiger partial charge in [-0.15, -0.1) is 12.3 Å². The zero-order valence-electron chi connectivity index (χ0n) is 13.0. The van der Waals surface area contributed by atoms with Crippen molar-refractivity contribution in [1.29, 1.82) is 0 Å². The fraction of sp³-hybridized carbons (Fsp3) is 0.800. The van der Waals surface area contributed by atoms with E-state index in [1.807, 2.05) is 6.92 Å². The third-order valence-electron chi connectivity index (χ3n) is 3.52. The molecule has 5 atom stereocenters. The Balaban J connectivity index is 4.96. The summed E-state index contributed by atoms with van der Waals surface area (Å²) in [6.07, 6.45) is 3.25. The highest BCUT2D eigenvalue weighted by molar-refractivity contribution is 5.76. The van der Waals surface area contributed by atoms with Crippen molar-refractivity contribution < 1.29 is 24.9 Å². The summed E-state index contributed by atoms with van der Waals surface area (Å²) in [7, 11) is 1.48. The van der Waals surface area contributed by atoms with Crippen LogP contribution >= 0.6 is 0 Å². The minimum Gasteiger partial charge on any atom is -0.396 e. The van der Waals surface area contributed by atoms with Crippen LogP contribution in [0, 0.1) is 18.3 Å². The van der Waals surface area contributed by atoms with E-state index in [4.69, 9.17) is 16.3 Å². The van der Waals surface area contributed by atoms with Gasteiger partial charge >= 0.3 is 0 Å². The van der Waals surface area contributed by atoms with Gasteiger partial charge in [0.15, 0.2) is 0 Å². The molecule has 0 aliphatic carbocycles. The normalized spacial score (nSPS) is 18.1. The van der Waals surface area contributed by atoms with Crippen LogP contribution in [-0.2, 0) is 9.53 Å². The number of hydrogen-bond acceptors (Lipinski definition) is 5. The smallest absolute Gasteiger partial charge is 0.221 e. The Hall–Kier alpha value is -1.13. The van der Waals surface area contributed by atoms with Gasteiger partial charge in [0.25, 0.3) is 0 Å². The van der Waals surface area contributed by atoms with Crippen LogP contribution in [0.15, 0.2) is 0 Å². The Morgan fingerprint density at radius 3 is 2.43 bits per heavy atom. The zero-order valence-corrected chi connectivity index (χ0v) is 13.0. The van der Waals surface area contributed by atoms with Crippen LogP contribution in [0.2, 0.25) is 0 Å². The topological polar surface area (TPSA) is 99.0 Å². The molecule has 0 aromatic rings. The molecule has 4 N–H and O–H groups in total. The lowest BCUT2D eigenvalue weighted by atomic mass is 9.91. The van der Waals surface area contributed by atoms with E-state index in [0.717, 1.165) is 0 Å². The molecule has 0 radical (unpaired) electrons. The van der Waals surface area contributed by atoms with Crippen LogP contribution in [0.4, 0.5) is 0 Å². The Labute approximate surface area is 126 Å². The largest absolute Gasteiger partial charge is 0.396 e. The van der Waals surface area contributed by atoms with E-state index in [-0.39, 0.29) is 18.9 Å². The number of nitrogens with one attached hydrogen (secondary N) is 1. The maximum atomic E-state index is 11.8. The molecule has 0 spiro atoms. The molecule has 0 saturated carbocycles. The molecule has 0 bridgehead atoms. The third kappa shape index (κ3) is 6.44. The highest BCUT2D eigenvalue weighted by Gasteiger charge is 2.35. The van der Waals surface area contributed by atoms with E-state index in [1.165, 1.54) is 7.11 Å². The van der Waals surface area contributed by atoms with Gasteiger partial charge in [-0.1, -0.05) is 13.8 Å². The van der Waals surface area contributed by atoms with Crippen LogP contribution in [0.5, 0.6) is 0 Å². The van der Waals surface area contributed by atoms with E-state index in [0.29, 0.717) is 12.8 Å². The average Bonchev–Trinajstić information content (AvgIpc) is 2.50. The summed E-state index contributed by atoms with van der Waals surface area (Å²) in [6.45, 7) is 3.20. The number of carbonyl (C=O) groups is 1. The average molecular weight is 301 g/mol. The van der Waals surface area contributed by atoms with E-state index < -0.39 is 30.3 Å². The number of amides is 1. The molecule has 0 rings (SSSR count). The molecule has 5 unspecified atom stereocenters. The summed E-state index contributed by atoms with van der Waals surface area (Å²) in [4.78, 5) is 11.8. The first kappa shape index (κ1) is 19.9. The predicted molar refractivity (Wildman–Crippen MR) is 79.3 cm³/mol.